The molecule has 0 bridgehead atoms. The summed E-state index contributed by atoms with van der Waals surface area (Å²) in [5, 5.41) is 0. The van der Waals surface area contributed by atoms with E-state index in [0.29, 0.717) is 0 Å². The Bertz CT molecular complexity index is 344. The van der Waals surface area contributed by atoms with E-state index in [1.165, 1.54) is 0 Å². The molecule has 1 aliphatic carbocycles. The topological polar surface area (TPSA) is 0 Å². The van der Waals surface area contributed by atoms with Crippen molar-refractivity contribution in [2.45, 2.75) is 0 Å². The molecule has 0 N–H and O–H groups in total. The van der Waals surface area contributed by atoms with Gasteiger partial charge in [0.15, 0.2) is 0 Å². The van der Waals surface area contributed by atoms with Crippen molar-refractivity contribution in [1.29, 1.82) is 0 Å². The highest BCUT2D eigenvalue weighted by atomic mass is 13.9. The molecular formula is C14H14. The molecule has 0 heterocycles. The molecule has 0 radical (unpaired) electrons. The van der Waals surface area contributed by atoms with E-state index < -0.39 is 0 Å². The molecule has 14 heavy (non-hydrogen) atoms. The van der Waals surface area contributed by atoms with Gasteiger partial charge in [-0.2, -0.15) is 0 Å². The molecule has 0 aromatic rings. The van der Waals surface area contributed by atoms with Gasteiger partial charge < -0.3 is 0 Å². The van der Waals surface area contributed by atoms with Crippen molar-refractivity contribution in [3.8, 4) is 0 Å². The molecule has 0 aromatic carbocycles. The van der Waals surface area contributed by atoms with Crippen LogP contribution in [0.2, 0.25) is 0 Å². The van der Waals surface area contributed by atoms with Gasteiger partial charge in [-0.3, -0.25) is 0 Å². The second kappa shape index (κ2) is 6.67. The molecule has 0 amide bonds. The van der Waals surface area contributed by atoms with Gasteiger partial charge in [-0.1, -0.05) is 79.5 Å². The van der Waals surface area contributed by atoms with Crippen LogP contribution in [0.3, 0.4) is 0 Å². The molecular weight excluding hydrogens is 168 g/mol. The van der Waals surface area contributed by atoms with Crippen LogP contribution in [0.25, 0.3) is 0 Å². The van der Waals surface area contributed by atoms with Crippen LogP contribution in [0, 0.1) is 0 Å². The van der Waals surface area contributed by atoms with Crippen molar-refractivity contribution in [2.75, 3.05) is 0 Å². The highest BCUT2D eigenvalue weighted by Crippen LogP contribution is 1.99. The third-order valence-electron chi connectivity index (χ3n) is 1.70. The van der Waals surface area contributed by atoms with Gasteiger partial charge in [-0.15, -0.1) is 0 Å². The molecule has 1 aliphatic rings. The molecule has 0 saturated carbocycles. The summed E-state index contributed by atoms with van der Waals surface area (Å²) in [6.07, 6.45) is 23.8. The van der Waals surface area contributed by atoms with Gasteiger partial charge in [-0.25, -0.2) is 0 Å². The lowest BCUT2D eigenvalue weighted by atomic mass is 10.2. The van der Waals surface area contributed by atoms with E-state index in [4.69, 9.17) is 0 Å². The second-order valence-electron chi connectivity index (χ2n) is 2.77. The van der Waals surface area contributed by atoms with Crippen LogP contribution in [-0.2, 0) is 0 Å². The van der Waals surface area contributed by atoms with Crippen LogP contribution in [0.15, 0.2) is 85.1 Å². The molecule has 0 heteroatoms. The summed E-state index contributed by atoms with van der Waals surface area (Å²) in [6.45, 7) is 3.74. The molecule has 0 saturated heterocycles. The van der Waals surface area contributed by atoms with E-state index in [1.54, 1.807) is 0 Å². The van der Waals surface area contributed by atoms with Crippen molar-refractivity contribution >= 4 is 0 Å². The lowest BCUT2D eigenvalue weighted by Gasteiger charge is -1.88. The zero-order valence-electron chi connectivity index (χ0n) is 8.14. The summed E-state index contributed by atoms with van der Waals surface area (Å²) >= 11 is 0. The van der Waals surface area contributed by atoms with Crippen LogP contribution < -0.4 is 0 Å². The van der Waals surface area contributed by atoms with Gasteiger partial charge in [-0.05, 0) is 5.57 Å². The van der Waals surface area contributed by atoms with Crippen molar-refractivity contribution in [2.24, 2.45) is 0 Å². The fraction of sp³-hybridized carbons (Fsp3) is 0. The van der Waals surface area contributed by atoms with Gasteiger partial charge >= 0.3 is 0 Å². The van der Waals surface area contributed by atoms with Crippen LogP contribution in [-0.4, -0.2) is 0 Å². The Morgan fingerprint density at radius 3 is 1.79 bits per heavy atom. The predicted molar refractivity (Wildman–Crippen MR) is 64.0 cm³/mol. The third-order valence-corrected chi connectivity index (χ3v) is 1.70. The van der Waals surface area contributed by atoms with Gasteiger partial charge in [0.1, 0.15) is 0 Å². The minimum Gasteiger partial charge on any atom is -0.0985 e. The average Bonchev–Trinajstić information content (AvgIpc) is 2.19. The van der Waals surface area contributed by atoms with Crippen LogP contribution >= 0.6 is 0 Å². The number of hydrogen-bond donors (Lipinski definition) is 0. The Hall–Kier alpha value is -1.82. The summed E-state index contributed by atoms with van der Waals surface area (Å²) in [5.74, 6) is 0. The van der Waals surface area contributed by atoms with Gasteiger partial charge in [0.2, 0.25) is 0 Å². The van der Waals surface area contributed by atoms with Crippen molar-refractivity contribution in [3.05, 3.63) is 85.1 Å². The summed E-state index contributed by atoms with van der Waals surface area (Å²) < 4.78 is 0. The molecule has 1 rings (SSSR count). The fourth-order valence-electron chi connectivity index (χ4n) is 0.974. The van der Waals surface area contributed by atoms with E-state index >= 15 is 0 Å². The molecule has 0 spiro atoms. The molecule has 0 atom stereocenters. The van der Waals surface area contributed by atoms with Crippen molar-refractivity contribution in [3.63, 3.8) is 0 Å². The first-order valence-corrected chi connectivity index (χ1v) is 4.61. The molecule has 0 aromatic heterocycles. The standard InChI is InChI=1S/C14H14/c1-2-14-12-10-8-6-4-3-5-7-9-11-13-14/h2-13H,1H2. The second-order valence-corrected chi connectivity index (χ2v) is 2.77. The zero-order valence-corrected chi connectivity index (χ0v) is 8.14. The highest BCUT2D eigenvalue weighted by molar-refractivity contribution is 5.35. The lowest BCUT2D eigenvalue weighted by molar-refractivity contribution is 1.68. The lowest BCUT2D eigenvalue weighted by Crippen LogP contribution is -1.68. The first-order chi connectivity index (χ1) is 6.93. The van der Waals surface area contributed by atoms with Crippen LogP contribution in [0.1, 0.15) is 0 Å². The maximum atomic E-state index is 3.74. The zero-order chi connectivity index (χ0) is 10.1. The fourth-order valence-corrected chi connectivity index (χ4v) is 0.974. The Morgan fingerprint density at radius 2 is 1.21 bits per heavy atom. The minimum atomic E-state index is 1.10. The van der Waals surface area contributed by atoms with E-state index in [2.05, 4.69) is 6.58 Å². The van der Waals surface area contributed by atoms with E-state index in [1.807, 2.05) is 72.9 Å². The SMILES string of the molecule is C=CC1=CC=CC=CC=CC=CC=C1. The van der Waals surface area contributed by atoms with E-state index in [-0.39, 0.29) is 0 Å². The number of rotatable bonds is 1. The first-order valence-electron chi connectivity index (χ1n) is 4.61. The number of hydrogen-bond acceptors (Lipinski definition) is 0. The summed E-state index contributed by atoms with van der Waals surface area (Å²) in [5.41, 5.74) is 1.10. The van der Waals surface area contributed by atoms with Gasteiger partial charge in [0.05, 0.1) is 0 Å². The molecule has 70 valence electrons. The summed E-state index contributed by atoms with van der Waals surface area (Å²) in [6, 6.07) is 0. The molecule has 0 nitrogen and oxygen atoms in total. The van der Waals surface area contributed by atoms with Gasteiger partial charge in [0.25, 0.3) is 0 Å². The molecule has 0 fully saturated rings. The van der Waals surface area contributed by atoms with Crippen LogP contribution in [0.4, 0.5) is 0 Å². The van der Waals surface area contributed by atoms with E-state index in [0.717, 1.165) is 5.57 Å². The Morgan fingerprint density at radius 1 is 0.714 bits per heavy atom. The Kier molecular flexibility index (Phi) is 4.89. The Balaban J connectivity index is 2.86. The Labute approximate surface area is 85.7 Å². The maximum absolute atomic E-state index is 3.74. The third kappa shape index (κ3) is 4.27. The van der Waals surface area contributed by atoms with E-state index in [9.17, 15) is 0 Å². The highest BCUT2D eigenvalue weighted by Gasteiger charge is 1.79. The normalized spacial score (nSPS) is 15.9. The molecule has 0 unspecified atom stereocenters. The predicted octanol–water partition coefficient (Wildman–Crippen LogP) is 3.89. The number of allylic oxidation sites excluding steroid dienone is 13. The summed E-state index contributed by atoms with van der Waals surface area (Å²) in [7, 11) is 0. The minimum absolute atomic E-state index is 1.10. The quantitative estimate of drug-likeness (QED) is 0.577. The van der Waals surface area contributed by atoms with Crippen molar-refractivity contribution < 1.29 is 0 Å². The smallest absolute Gasteiger partial charge is 0.0263 e. The first kappa shape index (κ1) is 10.3. The maximum Gasteiger partial charge on any atom is -0.0263 e. The summed E-state index contributed by atoms with van der Waals surface area (Å²) in [4.78, 5) is 0. The van der Waals surface area contributed by atoms with Gasteiger partial charge in [0, 0.05) is 0 Å². The largest absolute Gasteiger partial charge is 0.0985 e. The average molecular weight is 182 g/mol. The monoisotopic (exact) mass is 182 g/mol. The van der Waals surface area contributed by atoms with Crippen LogP contribution in [0.5, 0.6) is 0 Å². The van der Waals surface area contributed by atoms with Crippen molar-refractivity contribution in [1.82, 2.24) is 0 Å². The molecule has 0 aliphatic heterocycles.